The van der Waals surface area contributed by atoms with Crippen molar-refractivity contribution in [2.45, 2.75) is 31.1 Å². The SMILES string of the molecule is CN(C)c1ncc2c(n1)C1(CCCN(c3nc(N)nc4nc[nH]c34)C1)CC2. The normalized spacial score (nSPS) is 21.8. The van der Waals surface area contributed by atoms with Crippen LogP contribution in [0.1, 0.15) is 30.5 Å². The number of aromatic amines is 1. The molecule has 9 heteroatoms. The molecule has 0 saturated carbocycles. The molecule has 3 aromatic heterocycles. The lowest BCUT2D eigenvalue weighted by atomic mass is 9.77. The molecule has 1 fully saturated rings. The molecule has 0 bridgehead atoms. The Labute approximate surface area is 157 Å². The zero-order chi connectivity index (χ0) is 18.6. The van der Waals surface area contributed by atoms with Crippen molar-refractivity contribution < 1.29 is 0 Å². The minimum Gasteiger partial charge on any atom is -0.368 e. The molecule has 1 unspecified atom stereocenters. The van der Waals surface area contributed by atoms with Crippen LogP contribution in [0, 0.1) is 0 Å². The van der Waals surface area contributed by atoms with Gasteiger partial charge < -0.3 is 20.5 Å². The number of H-pyrrole nitrogens is 1. The number of hydrogen-bond donors (Lipinski definition) is 2. The molecule has 1 aliphatic carbocycles. The lowest BCUT2D eigenvalue weighted by molar-refractivity contribution is 0.333. The molecule has 9 nitrogen and oxygen atoms in total. The van der Waals surface area contributed by atoms with Gasteiger partial charge in [-0.3, -0.25) is 0 Å². The van der Waals surface area contributed by atoms with Crippen LogP contribution in [0.25, 0.3) is 11.2 Å². The molecule has 0 amide bonds. The molecule has 3 aromatic rings. The summed E-state index contributed by atoms with van der Waals surface area (Å²) < 4.78 is 0. The summed E-state index contributed by atoms with van der Waals surface area (Å²) in [5.74, 6) is 1.87. The fourth-order valence-corrected chi connectivity index (χ4v) is 4.52. The van der Waals surface area contributed by atoms with Crippen LogP contribution in [0.2, 0.25) is 0 Å². The highest BCUT2D eigenvalue weighted by atomic mass is 15.3. The predicted molar refractivity (Wildman–Crippen MR) is 104 cm³/mol. The number of piperidine rings is 1. The zero-order valence-corrected chi connectivity index (χ0v) is 15.6. The topological polar surface area (TPSA) is 113 Å². The first-order valence-electron chi connectivity index (χ1n) is 9.31. The second-order valence-electron chi connectivity index (χ2n) is 7.75. The highest BCUT2D eigenvalue weighted by molar-refractivity contribution is 5.84. The summed E-state index contributed by atoms with van der Waals surface area (Å²) in [7, 11) is 3.96. The maximum absolute atomic E-state index is 5.94. The molecule has 1 aliphatic heterocycles. The van der Waals surface area contributed by atoms with Gasteiger partial charge in [-0.25, -0.2) is 15.0 Å². The Bertz CT molecular complexity index is 1010. The highest BCUT2D eigenvalue weighted by Gasteiger charge is 2.44. The maximum atomic E-state index is 5.94. The van der Waals surface area contributed by atoms with Gasteiger partial charge in [-0.2, -0.15) is 9.97 Å². The fraction of sp³-hybridized carbons (Fsp3) is 0.500. The standard InChI is InChI=1S/C18H23N9/c1-26(2)17-20-8-11-4-6-18(13(11)23-17)5-3-7-27(9-18)15-12-14(22-10-21-12)24-16(19)25-15/h8,10H,3-7,9H2,1-2H3,(H3,19,21,22,24,25). The molecule has 140 valence electrons. The third kappa shape index (κ3) is 2.48. The number of nitrogens with zero attached hydrogens (tertiary/aromatic N) is 7. The van der Waals surface area contributed by atoms with Crippen LogP contribution in [-0.4, -0.2) is 57.1 Å². The number of aromatic nitrogens is 6. The van der Waals surface area contributed by atoms with Crippen LogP contribution in [-0.2, 0) is 11.8 Å². The van der Waals surface area contributed by atoms with Crippen molar-refractivity contribution in [1.82, 2.24) is 29.9 Å². The van der Waals surface area contributed by atoms with Crippen molar-refractivity contribution >= 4 is 28.9 Å². The minimum atomic E-state index is 0.0351. The summed E-state index contributed by atoms with van der Waals surface area (Å²) in [6.45, 7) is 1.81. The van der Waals surface area contributed by atoms with Gasteiger partial charge in [-0.05, 0) is 31.2 Å². The Morgan fingerprint density at radius 2 is 2.07 bits per heavy atom. The number of nitrogen functional groups attached to an aromatic ring is 1. The summed E-state index contributed by atoms with van der Waals surface area (Å²) in [5, 5.41) is 0. The summed E-state index contributed by atoms with van der Waals surface area (Å²) in [6.07, 6.45) is 7.98. The first-order chi connectivity index (χ1) is 13.1. The molecule has 0 aromatic carbocycles. The molecular weight excluding hydrogens is 342 g/mol. The second kappa shape index (κ2) is 5.77. The van der Waals surface area contributed by atoms with Crippen LogP contribution in [0.5, 0.6) is 0 Å². The maximum Gasteiger partial charge on any atom is 0.225 e. The average molecular weight is 365 g/mol. The van der Waals surface area contributed by atoms with Crippen LogP contribution in [0.3, 0.4) is 0 Å². The summed E-state index contributed by atoms with van der Waals surface area (Å²) in [6, 6.07) is 0. The number of fused-ring (bicyclic) bond motifs is 3. The molecule has 1 atom stereocenters. The molecule has 2 aliphatic rings. The molecule has 1 saturated heterocycles. The van der Waals surface area contributed by atoms with Gasteiger partial charge in [0.25, 0.3) is 0 Å². The Morgan fingerprint density at radius 1 is 1.19 bits per heavy atom. The first kappa shape index (κ1) is 16.2. The zero-order valence-electron chi connectivity index (χ0n) is 15.6. The number of imidazole rings is 1. The van der Waals surface area contributed by atoms with Gasteiger partial charge in [-0.1, -0.05) is 0 Å². The van der Waals surface area contributed by atoms with Gasteiger partial charge >= 0.3 is 0 Å². The van der Waals surface area contributed by atoms with Gasteiger partial charge in [0.05, 0.1) is 12.0 Å². The van der Waals surface area contributed by atoms with E-state index in [1.165, 1.54) is 11.3 Å². The lowest BCUT2D eigenvalue weighted by Crippen LogP contribution is -2.46. The van der Waals surface area contributed by atoms with Crippen LogP contribution >= 0.6 is 0 Å². The molecule has 27 heavy (non-hydrogen) atoms. The van der Waals surface area contributed by atoms with Crippen molar-refractivity contribution in [3.8, 4) is 0 Å². The second-order valence-corrected chi connectivity index (χ2v) is 7.75. The van der Waals surface area contributed by atoms with Gasteiger partial charge in [0.1, 0.15) is 5.52 Å². The van der Waals surface area contributed by atoms with Gasteiger partial charge in [0, 0.05) is 38.8 Å². The summed E-state index contributed by atoms with van der Waals surface area (Å²) in [4.78, 5) is 29.9. The first-order valence-corrected chi connectivity index (χ1v) is 9.31. The number of rotatable bonds is 2. The van der Waals surface area contributed by atoms with Crippen molar-refractivity contribution in [1.29, 1.82) is 0 Å². The lowest BCUT2D eigenvalue weighted by Gasteiger charge is -2.41. The molecule has 4 heterocycles. The van der Waals surface area contributed by atoms with Crippen molar-refractivity contribution in [2.75, 3.05) is 42.7 Å². The van der Waals surface area contributed by atoms with Crippen molar-refractivity contribution in [3.63, 3.8) is 0 Å². The van der Waals surface area contributed by atoms with E-state index in [2.05, 4.69) is 29.8 Å². The van der Waals surface area contributed by atoms with Crippen LogP contribution < -0.4 is 15.5 Å². The van der Waals surface area contributed by atoms with Crippen LogP contribution in [0.15, 0.2) is 12.5 Å². The van der Waals surface area contributed by atoms with E-state index in [0.717, 1.165) is 56.1 Å². The van der Waals surface area contributed by atoms with E-state index in [1.807, 2.05) is 25.2 Å². The van der Waals surface area contributed by atoms with E-state index >= 15 is 0 Å². The quantitative estimate of drug-likeness (QED) is 0.698. The third-order valence-corrected chi connectivity index (χ3v) is 5.79. The van der Waals surface area contributed by atoms with E-state index in [-0.39, 0.29) is 11.4 Å². The summed E-state index contributed by atoms with van der Waals surface area (Å²) >= 11 is 0. The summed E-state index contributed by atoms with van der Waals surface area (Å²) in [5.41, 5.74) is 9.90. The molecule has 5 rings (SSSR count). The van der Waals surface area contributed by atoms with Gasteiger partial charge in [0.2, 0.25) is 11.9 Å². The van der Waals surface area contributed by atoms with Gasteiger partial charge in [-0.15, -0.1) is 0 Å². The van der Waals surface area contributed by atoms with Crippen molar-refractivity contribution in [3.05, 3.63) is 23.8 Å². The number of hydrogen-bond acceptors (Lipinski definition) is 8. The monoisotopic (exact) mass is 365 g/mol. The Kier molecular flexibility index (Phi) is 3.46. The number of aryl methyl sites for hydroxylation is 1. The fourth-order valence-electron chi connectivity index (χ4n) is 4.52. The smallest absolute Gasteiger partial charge is 0.225 e. The van der Waals surface area contributed by atoms with E-state index in [0.29, 0.717) is 5.65 Å². The number of nitrogens with two attached hydrogens (primary N) is 1. The molecule has 3 N–H and O–H groups in total. The largest absolute Gasteiger partial charge is 0.368 e. The number of anilines is 3. The van der Waals surface area contributed by atoms with E-state index in [1.54, 1.807) is 6.33 Å². The highest BCUT2D eigenvalue weighted by Crippen LogP contribution is 2.45. The number of nitrogens with one attached hydrogen (secondary N) is 1. The van der Waals surface area contributed by atoms with Crippen LogP contribution in [0.4, 0.5) is 17.7 Å². The van der Waals surface area contributed by atoms with E-state index in [9.17, 15) is 0 Å². The molecular formula is C18H23N9. The molecule has 0 radical (unpaired) electrons. The predicted octanol–water partition coefficient (Wildman–Crippen LogP) is 1.28. The average Bonchev–Trinajstić information content (AvgIpc) is 3.26. The third-order valence-electron chi connectivity index (χ3n) is 5.79. The Hall–Kier alpha value is -2.97. The Morgan fingerprint density at radius 3 is 2.93 bits per heavy atom. The van der Waals surface area contributed by atoms with Gasteiger partial charge in [0.15, 0.2) is 11.5 Å². The van der Waals surface area contributed by atoms with E-state index < -0.39 is 0 Å². The van der Waals surface area contributed by atoms with Crippen molar-refractivity contribution in [2.24, 2.45) is 0 Å². The van der Waals surface area contributed by atoms with E-state index in [4.69, 9.17) is 10.7 Å². The molecule has 1 spiro atoms. The Balaban J connectivity index is 1.56. The minimum absolute atomic E-state index is 0.0351.